The van der Waals surface area contributed by atoms with Gasteiger partial charge in [0.2, 0.25) is 5.60 Å². The molecule has 0 spiro atoms. The average molecular weight is 245 g/mol. The van der Waals surface area contributed by atoms with Crippen molar-refractivity contribution in [3.8, 4) is 6.07 Å². The Kier molecular flexibility index (Phi) is 4.61. The Morgan fingerprint density at radius 2 is 1.47 bits per heavy atom. The number of carboxylic acids is 3. The van der Waals surface area contributed by atoms with E-state index >= 15 is 0 Å². The topological polar surface area (TPSA) is 162 Å². The van der Waals surface area contributed by atoms with Crippen molar-refractivity contribution in [3.63, 3.8) is 0 Å². The average Bonchev–Trinajstić information content (AvgIpc) is 2.14. The molecule has 0 rings (SSSR count). The Labute approximate surface area is 93.8 Å². The third kappa shape index (κ3) is 4.17. The monoisotopic (exact) mass is 245 g/mol. The molecule has 0 aromatic rings. The highest BCUT2D eigenvalue weighted by molar-refractivity contribution is 5.94. The standard InChI is InChI=1S/C8H7NO8/c9-3-6(14)17-8(7(15)16,1-4(10)11)2-5(12)13/h1-2H2,(H,10,11)(H,12,13)(H,15,16). The van der Waals surface area contributed by atoms with Crippen LogP contribution in [0.2, 0.25) is 0 Å². The predicted octanol–water partition coefficient (Wildman–Crippen LogP) is -1.17. The van der Waals surface area contributed by atoms with E-state index in [9.17, 15) is 19.2 Å². The highest BCUT2D eigenvalue weighted by Gasteiger charge is 2.47. The minimum absolute atomic E-state index is 0.911. The van der Waals surface area contributed by atoms with E-state index in [1.165, 1.54) is 0 Å². The van der Waals surface area contributed by atoms with Gasteiger partial charge in [0.25, 0.3) is 0 Å². The molecule has 9 nitrogen and oxygen atoms in total. The Hall–Kier alpha value is -2.63. The number of hydrogen-bond acceptors (Lipinski definition) is 6. The van der Waals surface area contributed by atoms with E-state index in [4.69, 9.17) is 20.6 Å². The van der Waals surface area contributed by atoms with E-state index in [-0.39, 0.29) is 0 Å². The first-order valence-corrected chi connectivity index (χ1v) is 4.03. The third-order valence-corrected chi connectivity index (χ3v) is 1.64. The van der Waals surface area contributed by atoms with Crippen LogP contribution in [0.25, 0.3) is 0 Å². The molecule has 0 aliphatic heterocycles. The third-order valence-electron chi connectivity index (χ3n) is 1.64. The van der Waals surface area contributed by atoms with Gasteiger partial charge in [-0.1, -0.05) is 0 Å². The largest absolute Gasteiger partial charge is 0.481 e. The molecule has 0 saturated heterocycles. The lowest BCUT2D eigenvalue weighted by Gasteiger charge is -2.24. The molecule has 0 aliphatic carbocycles. The molecule has 3 N–H and O–H groups in total. The Balaban J connectivity index is 5.31. The molecule has 0 unspecified atom stereocenters. The van der Waals surface area contributed by atoms with Gasteiger partial charge in [-0.05, 0) is 0 Å². The molecule has 0 bridgehead atoms. The van der Waals surface area contributed by atoms with Crippen molar-refractivity contribution >= 4 is 23.9 Å². The van der Waals surface area contributed by atoms with E-state index in [0.29, 0.717) is 0 Å². The number of carbonyl (C=O) groups is 4. The second kappa shape index (κ2) is 5.45. The number of carboxylic acid groups (broad SMARTS) is 3. The van der Waals surface area contributed by atoms with Crippen LogP contribution in [0.15, 0.2) is 0 Å². The number of aliphatic carboxylic acids is 3. The first-order valence-electron chi connectivity index (χ1n) is 4.03. The van der Waals surface area contributed by atoms with Crippen molar-refractivity contribution in [1.82, 2.24) is 0 Å². The van der Waals surface area contributed by atoms with Gasteiger partial charge >= 0.3 is 23.9 Å². The van der Waals surface area contributed by atoms with Crippen molar-refractivity contribution in [3.05, 3.63) is 0 Å². The van der Waals surface area contributed by atoms with Gasteiger partial charge in [0.1, 0.15) is 0 Å². The van der Waals surface area contributed by atoms with Crippen LogP contribution in [0, 0.1) is 11.3 Å². The van der Waals surface area contributed by atoms with Crippen molar-refractivity contribution in [2.45, 2.75) is 18.4 Å². The van der Waals surface area contributed by atoms with Crippen LogP contribution in [0.5, 0.6) is 0 Å². The van der Waals surface area contributed by atoms with Crippen molar-refractivity contribution in [2.75, 3.05) is 0 Å². The highest BCUT2D eigenvalue weighted by atomic mass is 16.6. The highest BCUT2D eigenvalue weighted by Crippen LogP contribution is 2.22. The molecule has 0 amide bonds. The Bertz CT molecular complexity index is 390. The lowest BCUT2D eigenvalue weighted by atomic mass is 9.95. The zero-order valence-corrected chi connectivity index (χ0v) is 8.24. The van der Waals surface area contributed by atoms with E-state index < -0.39 is 42.3 Å². The van der Waals surface area contributed by atoms with Crippen LogP contribution in [0.1, 0.15) is 12.8 Å². The molecule has 0 aliphatic rings. The van der Waals surface area contributed by atoms with Crippen LogP contribution in [0.3, 0.4) is 0 Å². The van der Waals surface area contributed by atoms with Crippen molar-refractivity contribution < 1.29 is 39.2 Å². The number of rotatable bonds is 6. The van der Waals surface area contributed by atoms with Gasteiger partial charge in [-0.3, -0.25) is 9.59 Å². The zero-order valence-electron chi connectivity index (χ0n) is 8.24. The normalized spacial score (nSPS) is 10.1. The van der Waals surface area contributed by atoms with E-state index in [1.807, 2.05) is 0 Å². The van der Waals surface area contributed by atoms with E-state index in [1.54, 1.807) is 0 Å². The van der Waals surface area contributed by atoms with Gasteiger partial charge in [-0.2, -0.15) is 5.26 Å². The second-order valence-corrected chi connectivity index (χ2v) is 2.94. The second-order valence-electron chi connectivity index (χ2n) is 2.94. The fourth-order valence-electron chi connectivity index (χ4n) is 1.02. The minimum atomic E-state index is -2.79. The molecule has 17 heavy (non-hydrogen) atoms. The number of nitriles is 1. The predicted molar refractivity (Wildman–Crippen MR) is 46.6 cm³/mol. The first-order chi connectivity index (χ1) is 7.73. The summed E-state index contributed by atoms with van der Waals surface area (Å²) in [6.45, 7) is 0. The summed E-state index contributed by atoms with van der Waals surface area (Å²) in [4.78, 5) is 42.4. The Morgan fingerprint density at radius 1 is 1.06 bits per heavy atom. The molecule has 0 saturated carbocycles. The summed E-state index contributed by atoms with van der Waals surface area (Å²) in [5.74, 6) is -6.99. The van der Waals surface area contributed by atoms with Gasteiger partial charge in [0.15, 0.2) is 6.07 Å². The summed E-state index contributed by atoms with van der Waals surface area (Å²) >= 11 is 0. The maximum absolute atomic E-state index is 10.8. The van der Waals surface area contributed by atoms with Crippen molar-refractivity contribution in [1.29, 1.82) is 5.26 Å². The Morgan fingerprint density at radius 3 is 1.71 bits per heavy atom. The maximum atomic E-state index is 10.8. The van der Waals surface area contributed by atoms with Crippen LogP contribution in [0.4, 0.5) is 0 Å². The number of hydrogen-bond donors (Lipinski definition) is 3. The van der Waals surface area contributed by atoms with E-state index in [0.717, 1.165) is 6.07 Å². The van der Waals surface area contributed by atoms with Crippen molar-refractivity contribution in [2.24, 2.45) is 0 Å². The summed E-state index contributed by atoms with van der Waals surface area (Å²) in [6, 6.07) is 0.911. The van der Waals surface area contributed by atoms with Crippen LogP contribution in [-0.2, 0) is 23.9 Å². The molecule has 0 aromatic heterocycles. The molecule has 9 heteroatoms. The lowest BCUT2D eigenvalue weighted by molar-refractivity contribution is -0.183. The molecule has 0 aromatic carbocycles. The summed E-state index contributed by atoms with van der Waals surface area (Å²) < 4.78 is 4.11. The molecule has 0 heterocycles. The lowest BCUT2D eigenvalue weighted by Crippen LogP contribution is -2.46. The quantitative estimate of drug-likeness (QED) is 0.386. The molecule has 92 valence electrons. The fraction of sp³-hybridized carbons (Fsp3) is 0.375. The summed E-state index contributed by atoms with van der Waals surface area (Å²) in [6.07, 6.45) is -2.52. The number of carbonyl (C=O) groups excluding carboxylic acids is 1. The first kappa shape index (κ1) is 14.4. The molecule has 0 atom stereocenters. The van der Waals surface area contributed by atoms with Crippen LogP contribution < -0.4 is 0 Å². The van der Waals surface area contributed by atoms with E-state index in [2.05, 4.69) is 4.74 Å². The fourth-order valence-corrected chi connectivity index (χ4v) is 1.02. The number of esters is 1. The van der Waals surface area contributed by atoms with Gasteiger partial charge in [0, 0.05) is 0 Å². The summed E-state index contributed by atoms with van der Waals surface area (Å²) in [7, 11) is 0. The SMILES string of the molecule is N#CC(=O)OC(CC(=O)O)(CC(=O)O)C(=O)O. The van der Waals surface area contributed by atoms with Crippen LogP contribution in [-0.4, -0.2) is 44.8 Å². The number of nitrogens with zero attached hydrogens (tertiary/aromatic N) is 1. The van der Waals surface area contributed by atoms with Gasteiger partial charge in [-0.25, -0.2) is 9.59 Å². The molecule has 0 fully saturated rings. The van der Waals surface area contributed by atoms with Crippen LogP contribution >= 0.6 is 0 Å². The zero-order chi connectivity index (χ0) is 13.6. The van der Waals surface area contributed by atoms with Gasteiger partial charge in [-0.15, -0.1) is 0 Å². The summed E-state index contributed by atoms with van der Waals surface area (Å²) in [5.41, 5.74) is -2.79. The molecular weight excluding hydrogens is 238 g/mol. The minimum Gasteiger partial charge on any atom is -0.481 e. The number of ether oxygens (including phenoxy) is 1. The maximum Gasteiger partial charge on any atom is 0.412 e. The smallest absolute Gasteiger partial charge is 0.412 e. The van der Waals surface area contributed by atoms with Gasteiger partial charge in [0.05, 0.1) is 12.8 Å². The van der Waals surface area contributed by atoms with Gasteiger partial charge < -0.3 is 20.1 Å². The summed E-state index contributed by atoms with van der Waals surface area (Å²) in [5, 5.41) is 33.8. The molecule has 0 radical (unpaired) electrons. The molecular formula is C8H7NO8.